The molecule has 116 valence electrons. The Kier molecular flexibility index (Phi) is 5.58. The third-order valence-corrected chi connectivity index (χ3v) is 3.91. The van der Waals surface area contributed by atoms with E-state index in [0.717, 1.165) is 42.7 Å². The molecule has 22 heavy (non-hydrogen) atoms. The molecule has 0 bridgehead atoms. The number of hydrogen-bond donors (Lipinski definition) is 1. The normalized spacial score (nSPS) is 13.2. The molecule has 0 radical (unpaired) electrons. The van der Waals surface area contributed by atoms with Crippen molar-refractivity contribution in [2.24, 2.45) is 0 Å². The SMILES string of the molecule is CNCc1cccc(C(=O)N2CCCc3ccccc32)c1.Cl. The van der Waals surface area contributed by atoms with Gasteiger partial charge in [0.15, 0.2) is 0 Å². The second-order valence-corrected chi connectivity index (χ2v) is 5.42. The number of aryl methyl sites for hydroxylation is 1. The quantitative estimate of drug-likeness (QED) is 0.941. The molecule has 1 aliphatic rings. The van der Waals surface area contributed by atoms with Crippen LogP contribution in [0.4, 0.5) is 5.69 Å². The fourth-order valence-corrected chi connectivity index (χ4v) is 2.92. The highest BCUT2D eigenvalue weighted by Gasteiger charge is 2.23. The van der Waals surface area contributed by atoms with Crippen LogP contribution in [0.25, 0.3) is 0 Å². The summed E-state index contributed by atoms with van der Waals surface area (Å²) in [6, 6.07) is 16.1. The van der Waals surface area contributed by atoms with Crippen LogP contribution in [0, 0.1) is 0 Å². The van der Waals surface area contributed by atoms with Crippen LogP contribution in [0.1, 0.15) is 27.9 Å². The van der Waals surface area contributed by atoms with Crippen molar-refractivity contribution in [3.63, 3.8) is 0 Å². The predicted molar refractivity (Wildman–Crippen MR) is 92.9 cm³/mol. The van der Waals surface area contributed by atoms with Gasteiger partial charge in [-0.2, -0.15) is 0 Å². The molecule has 3 nitrogen and oxygen atoms in total. The lowest BCUT2D eigenvalue weighted by Crippen LogP contribution is -2.35. The number of rotatable bonds is 3. The molecule has 3 rings (SSSR count). The van der Waals surface area contributed by atoms with Gasteiger partial charge < -0.3 is 10.2 Å². The lowest BCUT2D eigenvalue weighted by molar-refractivity contribution is 0.0985. The van der Waals surface area contributed by atoms with Gasteiger partial charge in [0, 0.05) is 24.3 Å². The van der Waals surface area contributed by atoms with Gasteiger partial charge in [0.05, 0.1) is 0 Å². The van der Waals surface area contributed by atoms with Crippen LogP contribution in [0.3, 0.4) is 0 Å². The van der Waals surface area contributed by atoms with Gasteiger partial charge in [-0.15, -0.1) is 12.4 Å². The first-order valence-corrected chi connectivity index (χ1v) is 7.43. The molecule has 2 aromatic rings. The third-order valence-electron chi connectivity index (χ3n) is 3.91. The molecule has 1 N–H and O–H groups in total. The molecule has 0 saturated heterocycles. The second-order valence-electron chi connectivity index (χ2n) is 5.42. The minimum Gasteiger partial charge on any atom is -0.316 e. The van der Waals surface area contributed by atoms with Gasteiger partial charge in [-0.05, 0) is 49.2 Å². The highest BCUT2D eigenvalue weighted by Crippen LogP contribution is 2.28. The van der Waals surface area contributed by atoms with Crippen molar-refractivity contribution < 1.29 is 4.79 Å². The van der Waals surface area contributed by atoms with Crippen molar-refractivity contribution in [1.82, 2.24) is 5.32 Å². The van der Waals surface area contributed by atoms with Crippen LogP contribution in [0.5, 0.6) is 0 Å². The molecule has 0 aromatic heterocycles. The average Bonchev–Trinajstić information content (AvgIpc) is 2.54. The second kappa shape index (κ2) is 7.43. The highest BCUT2D eigenvalue weighted by molar-refractivity contribution is 6.06. The Morgan fingerprint density at radius 2 is 2.00 bits per heavy atom. The summed E-state index contributed by atoms with van der Waals surface area (Å²) in [5.74, 6) is 0.0973. The summed E-state index contributed by atoms with van der Waals surface area (Å²) in [5.41, 5.74) is 4.23. The number of hydrogen-bond acceptors (Lipinski definition) is 2. The maximum Gasteiger partial charge on any atom is 0.258 e. The van der Waals surface area contributed by atoms with E-state index in [4.69, 9.17) is 0 Å². The number of carbonyl (C=O) groups excluding carboxylic acids is 1. The average molecular weight is 317 g/mol. The Labute approximate surface area is 137 Å². The van der Waals surface area contributed by atoms with Crippen LogP contribution in [-0.4, -0.2) is 19.5 Å². The van der Waals surface area contributed by atoms with Gasteiger partial charge in [0.1, 0.15) is 0 Å². The summed E-state index contributed by atoms with van der Waals surface area (Å²) in [6.45, 7) is 1.57. The fourth-order valence-electron chi connectivity index (χ4n) is 2.92. The van der Waals surface area contributed by atoms with Crippen molar-refractivity contribution in [2.75, 3.05) is 18.5 Å². The van der Waals surface area contributed by atoms with E-state index < -0.39 is 0 Å². The van der Waals surface area contributed by atoms with Crippen molar-refractivity contribution in [3.05, 3.63) is 65.2 Å². The van der Waals surface area contributed by atoms with E-state index in [1.54, 1.807) is 0 Å². The summed E-state index contributed by atoms with van der Waals surface area (Å²) in [4.78, 5) is 14.7. The zero-order chi connectivity index (χ0) is 14.7. The standard InChI is InChI=1S/C18H20N2O.ClH/c1-19-13-14-6-4-8-16(12-14)18(21)20-11-5-9-15-7-2-3-10-17(15)20;/h2-4,6-8,10,12,19H,5,9,11,13H2,1H3;1H. The molecular weight excluding hydrogens is 296 g/mol. The minimum absolute atomic E-state index is 0. The van der Waals surface area contributed by atoms with E-state index in [-0.39, 0.29) is 18.3 Å². The van der Waals surface area contributed by atoms with Gasteiger partial charge in [0.25, 0.3) is 5.91 Å². The molecule has 1 amide bonds. The van der Waals surface area contributed by atoms with Crippen molar-refractivity contribution in [2.45, 2.75) is 19.4 Å². The van der Waals surface area contributed by atoms with Crippen LogP contribution in [0.15, 0.2) is 48.5 Å². The molecule has 0 aliphatic carbocycles. The molecule has 1 heterocycles. The smallest absolute Gasteiger partial charge is 0.258 e. The largest absolute Gasteiger partial charge is 0.316 e. The molecule has 0 fully saturated rings. The van der Waals surface area contributed by atoms with E-state index in [9.17, 15) is 4.79 Å². The molecule has 2 aromatic carbocycles. The maximum absolute atomic E-state index is 12.8. The Balaban J connectivity index is 0.00000176. The lowest BCUT2D eigenvalue weighted by Gasteiger charge is -2.29. The number of nitrogens with zero attached hydrogens (tertiary/aromatic N) is 1. The topological polar surface area (TPSA) is 32.3 Å². The number of para-hydroxylation sites is 1. The van der Waals surface area contributed by atoms with E-state index >= 15 is 0 Å². The first kappa shape index (κ1) is 16.5. The van der Waals surface area contributed by atoms with Crippen LogP contribution in [0.2, 0.25) is 0 Å². The Bertz CT molecular complexity index is 657. The van der Waals surface area contributed by atoms with E-state index in [1.165, 1.54) is 5.56 Å². The Morgan fingerprint density at radius 3 is 2.82 bits per heavy atom. The summed E-state index contributed by atoms with van der Waals surface area (Å²) < 4.78 is 0. The van der Waals surface area contributed by atoms with Crippen LogP contribution >= 0.6 is 12.4 Å². The van der Waals surface area contributed by atoms with Crippen molar-refractivity contribution >= 4 is 24.0 Å². The summed E-state index contributed by atoms with van der Waals surface area (Å²) >= 11 is 0. The zero-order valence-corrected chi connectivity index (χ0v) is 13.5. The molecule has 0 spiro atoms. The van der Waals surface area contributed by atoms with Gasteiger partial charge in [-0.25, -0.2) is 0 Å². The minimum atomic E-state index is 0. The van der Waals surface area contributed by atoms with Gasteiger partial charge >= 0.3 is 0 Å². The molecule has 4 heteroatoms. The lowest BCUT2D eigenvalue weighted by atomic mass is 10.0. The molecule has 0 saturated carbocycles. The zero-order valence-electron chi connectivity index (χ0n) is 12.7. The van der Waals surface area contributed by atoms with Gasteiger partial charge in [-0.1, -0.05) is 30.3 Å². The molecule has 1 aliphatic heterocycles. The summed E-state index contributed by atoms with van der Waals surface area (Å²) in [7, 11) is 1.91. The maximum atomic E-state index is 12.8. The molecular formula is C18H21ClN2O. The molecule has 0 unspecified atom stereocenters. The van der Waals surface area contributed by atoms with Crippen molar-refractivity contribution in [1.29, 1.82) is 0 Å². The van der Waals surface area contributed by atoms with Gasteiger partial charge in [-0.3, -0.25) is 4.79 Å². The first-order valence-electron chi connectivity index (χ1n) is 7.43. The number of halogens is 1. The number of carbonyl (C=O) groups is 1. The Morgan fingerprint density at radius 1 is 1.18 bits per heavy atom. The highest BCUT2D eigenvalue weighted by atomic mass is 35.5. The van der Waals surface area contributed by atoms with Crippen molar-refractivity contribution in [3.8, 4) is 0 Å². The summed E-state index contributed by atoms with van der Waals surface area (Å²) in [6.07, 6.45) is 2.08. The number of fused-ring (bicyclic) bond motifs is 1. The molecule has 0 atom stereocenters. The van der Waals surface area contributed by atoms with E-state index in [2.05, 4.69) is 11.4 Å². The van der Waals surface area contributed by atoms with Crippen LogP contribution < -0.4 is 10.2 Å². The summed E-state index contributed by atoms with van der Waals surface area (Å²) in [5, 5.41) is 3.12. The monoisotopic (exact) mass is 316 g/mol. The van der Waals surface area contributed by atoms with Gasteiger partial charge in [0.2, 0.25) is 0 Å². The third kappa shape index (κ3) is 3.32. The fraction of sp³-hybridized carbons (Fsp3) is 0.278. The first-order chi connectivity index (χ1) is 10.3. The predicted octanol–water partition coefficient (Wildman–Crippen LogP) is 3.42. The number of amides is 1. The Hall–Kier alpha value is -1.84. The van der Waals surface area contributed by atoms with Crippen LogP contribution in [-0.2, 0) is 13.0 Å². The number of benzene rings is 2. The van der Waals surface area contributed by atoms with E-state index in [1.807, 2.05) is 54.4 Å². The number of nitrogens with one attached hydrogen (secondary N) is 1. The number of anilines is 1. The van der Waals surface area contributed by atoms with E-state index in [0.29, 0.717) is 0 Å².